The highest BCUT2D eigenvalue weighted by Gasteiger charge is 2.04. The predicted octanol–water partition coefficient (Wildman–Crippen LogP) is 3.21. The number of nitriles is 1. The normalized spacial score (nSPS) is 10.6. The molecule has 7 heteroatoms. The van der Waals surface area contributed by atoms with Crippen molar-refractivity contribution in [3.05, 3.63) is 59.3 Å². The topological polar surface area (TPSA) is 73.3 Å². The smallest absolute Gasteiger partial charge is 0.191 e. The number of furan rings is 1. The number of benzene rings is 1. The molecular formula is C17H20FIN4O. The van der Waals surface area contributed by atoms with Gasteiger partial charge in [-0.1, -0.05) is 0 Å². The molecule has 0 radical (unpaired) electrons. The minimum absolute atomic E-state index is 0. The Morgan fingerprint density at radius 1 is 1.33 bits per heavy atom. The predicted molar refractivity (Wildman–Crippen MR) is 102 cm³/mol. The van der Waals surface area contributed by atoms with E-state index < -0.39 is 0 Å². The number of hydrogen-bond donors (Lipinski definition) is 2. The van der Waals surface area contributed by atoms with E-state index in [1.165, 1.54) is 18.2 Å². The van der Waals surface area contributed by atoms with Crippen molar-refractivity contribution in [3.8, 4) is 6.07 Å². The lowest BCUT2D eigenvalue weighted by atomic mass is 10.1. The fourth-order valence-electron chi connectivity index (χ4n) is 2.03. The zero-order valence-electron chi connectivity index (χ0n) is 13.4. The SMILES string of the molecule is CCNC(=NCc1cc(C#N)ccc1F)NCCc1ccco1.I. The molecular weight excluding hydrogens is 422 g/mol. The van der Waals surface area contributed by atoms with Crippen LogP contribution in [-0.4, -0.2) is 19.0 Å². The second kappa shape index (κ2) is 10.6. The van der Waals surface area contributed by atoms with Gasteiger partial charge < -0.3 is 15.1 Å². The first-order valence-corrected chi connectivity index (χ1v) is 7.46. The number of nitrogens with zero attached hydrogens (tertiary/aromatic N) is 2. The highest BCUT2D eigenvalue weighted by Crippen LogP contribution is 2.11. The number of nitrogens with one attached hydrogen (secondary N) is 2. The third-order valence-corrected chi connectivity index (χ3v) is 3.17. The Labute approximate surface area is 158 Å². The van der Waals surface area contributed by atoms with Gasteiger partial charge in [-0.2, -0.15) is 5.26 Å². The number of halogens is 2. The molecule has 0 saturated heterocycles. The minimum atomic E-state index is -0.362. The Bertz CT molecular complexity index is 695. The largest absolute Gasteiger partial charge is 0.469 e. The van der Waals surface area contributed by atoms with Gasteiger partial charge in [0.2, 0.25) is 0 Å². The maximum absolute atomic E-state index is 13.7. The van der Waals surface area contributed by atoms with Crippen LogP contribution in [0.4, 0.5) is 4.39 Å². The van der Waals surface area contributed by atoms with Crippen LogP contribution in [0, 0.1) is 17.1 Å². The molecule has 1 aromatic carbocycles. The standard InChI is InChI=1S/C17H19FN4O.HI/c1-2-20-17(21-8-7-15-4-3-9-23-15)22-12-14-10-13(11-19)5-6-16(14)18;/h3-6,9-10H,2,7-8,12H2,1H3,(H2,20,21,22);1H. The Kier molecular flexibility index (Phi) is 8.86. The van der Waals surface area contributed by atoms with Gasteiger partial charge in [0.15, 0.2) is 5.96 Å². The van der Waals surface area contributed by atoms with Crippen molar-refractivity contribution >= 4 is 29.9 Å². The maximum Gasteiger partial charge on any atom is 0.191 e. The Balaban J connectivity index is 0.00000288. The van der Waals surface area contributed by atoms with Crippen molar-refractivity contribution in [1.82, 2.24) is 10.6 Å². The fourth-order valence-corrected chi connectivity index (χ4v) is 2.03. The van der Waals surface area contributed by atoms with Crippen LogP contribution in [0.3, 0.4) is 0 Å². The monoisotopic (exact) mass is 442 g/mol. The van der Waals surface area contributed by atoms with Gasteiger partial charge in [-0.3, -0.25) is 0 Å². The third kappa shape index (κ3) is 6.20. The van der Waals surface area contributed by atoms with E-state index in [9.17, 15) is 4.39 Å². The van der Waals surface area contributed by atoms with Crippen molar-refractivity contribution in [1.29, 1.82) is 5.26 Å². The molecule has 0 fully saturated rings. The lowest BCUT2D eigenvalue weighted by Crippen LogP contribution is -2.38. The van der Waals surface area contributed by atoms with Crippen LogP contribution >= 0.6 is 24.0 Å². The van der Waals surface area contributed by atoms with Gasteiger partial charge in [0.1, 0.15) is 11.6 Å². The van der Waals surface area contributed by atoms with E-state index in [-0.39, 0.29) is 36.3 Å². The lowest BCUT2D eigenvalue weighted by molar-refractivity contribution is 0.507. The summed E-state index contributed by atoms with van der Waals surface area (Å²) in [6, 6.07) is 10.0. The van der Waals surface area contributed by atoms with E-state index in [1.807, 2.05) is 25.1 Å². The Morgan fingerprint density at radius 3 is 2.83 bits per heavy atom. The van der Waals surface area contributed by atoms with Crippen LogP contribution < -0.4 is 10.6 Å². The minimum Gasteiger partial charge on any atom is -0.469 e. The van der Waals surface area contributed by atoms with E-state index in [0.717, 1.165) is 12.2 Å². The number of aliphatic imine (C=N–C) groups is 1. The molecule has 5 nitrogen and oxygen atoms in total. The number of rotatable bonds is 6. The van der Waals surface area contributed by atoms with Crippen LogP contribution in [0.15, 0.2) is 46.0 Å². The third-order valence-electron chi connectivity index (χ3n) is 3.17. The molecule has 0 spiro atoms. The fraction of sp³-hybridized carbons (Fsp3) is 0.294. The molecule has 2 aromatic rings. The lowest BCUT2D eigenvalue weighted by Gasteiger charge is -2.11. The van der Waals surface area contributed by atoms with Crippen LogP contribution in [0.5, 0.6) is 0 Å². The van der Waals surface area contributed by atoms with Gasteiger partial charge in [-0.15, -0.1) is 24.0 Å². The molecule has 24 heavy (non-hydrogen) atoms. The van der Waals surface area contributed by atoms with E-state index in [4.69, 9.17) is 9.68 Å². The number of guanidine groups is 1. The molecule has 0 unspecified atom stereocenters. The van der Waals surface area contributed by atoms with Crippen molar-refractivity contribution in [2.75, 3.05) is 13.1 Å². The highest BCUT2D eigenvalue weighted by molar-refractivity contribution is 14.0. The molecule has 2 rings (SSSR count). The summed E-state index contributed by atoms with van der Waals surface area (Å²) < 4.78 is 19.0. The van der Waals surface area contributed by atoms with Gasteiger partial charge in [0.25, 0.3) is 0 Å². The first kappa shape index (κ1) is 20.0. The second-order valence-corrected chi connectivity index (χ2v) is 4.87. The molecule has 128 valence electrons. The van der Waals surface area contributed by atoms with Gasteiger partial charge in [-0.25, -0.2) is 9.38 Å². The van der Waals surface area contributed by atoms with E-state index in [2.05, 4.69) is 15.6 Å². The average molecular weight is 442 g/mol. The van der Waals surface area contributed by atoms with Crippen molar-refractivity contribution in [2.45, 2.75) is 19.9 Å². The quantitative estimate of drug-likeness (QED) is 0.410. The summed E-state index contributed by atoms with van der Waals surface area (Å²) in [6.45, 7) is 3.48. The van der Waals surface area contributed by atoms with Crippen molar-refractivity contribution in [3.63, 3.8) is 0 Å². The summed E-state index contributed by atoms with van der Waals surface area (Å²) in [5.74, 6) is 1.13. The first-order valence-electron chi connectivity index (χ1n) is 7.46. The van der Waals surface area contributed by atoms with Crippen molar-refractivity contribution in [2.24, 2.45) is 4.99 Å². The molecule has 0 aliphatic carbocycles. The summed E-state index contributed by atoms with van der Waals surface area (Å²) in [4.78, 5) is 4.35. The molecule has 0 bridgehead atoms. The summed E-state index contributed by atoms with van der Waals surface area (Å²) >= 11 is 0. The molecule has 0 amide bonds. The Morgan fingerprint density at radius 2 is 2.17 bits per heavy atom. The molecule has 0 atom stereocenters. The van der Waals surface area contributed by atoms with Crippen LogP contribution in [0.2, 0.25) is 0 Å². The second-order valence-electron chi connectivity index (χ2n) is 4.87. The molecule has 1 aromatic heterocycles. The van der Waals surface area contributed by atoms with Crippen LogP contribution in [0.1, 0.15) is 23.8 Å². The average Bonchev–Trinajstić information content (AvgIpc) is 3.07. The maximum atomic E-state index is 13.7. The molecule has 0 saturated carbocycles. The molecule has 0 aliphatic heterocycles. The number of hydrogen-bond acceptors (Lipinski definition) is 3. The molecule has 0 aliphatic rings. The van der Waals surface area contributed by atoms with Crippen LogP contribution in [0.25, 0.3) is 0 Å². The van der Waals surface area contributed by atoms with Gasteiger partial charge >= 0.3 is 0 Å². The summed E-state index contributed by atoms with van der Waals surface area (Å²) in [5, 5.41) is 15.1. The van der Waals surface area contributed by atoms with E-state index in [1.54, 1.807) is 6.26 Å². The van der Waals surface area contributed by atoms with Gasteiger partial charge in [0.05, 0.1) is 24.4 Å². The summed E-state index contributed by atoms with van der Waals surface area (Å²) in [5.41, 5.74) is 0.819. The first-order chi connectivity index (χ1) is 11.2. The van der Waals surface area contributed by atoms with Gasteiger partial charge in [-0.05, 0) is 37.3 Å². The molecule has 2 N–H and O–H groups in total. The van der Waals surface area contributed by atoms with Crippen molar-refractivity contribution < 1.29 is 8.81 Å². The van der Waals surface area contributed by atoms with E-state index in [0.29, 0.717) is 30.2 Å². The molecule has 1 heterocycles. The zero-order chi connectivity index (χ0) is 16.5. The van der Waals surface area contributed by atoms with E-state index >= 15 is 0 Å². The zero-order valence-corrected chi connectivity index (χ0v) is 15.7. The van der Waals surface area contributed by atoms with Gasteiger partial charge in [0, 0.05) is 25.1 Å². The van der Waals surface area contributed by atoms with Crippen LogP contribution in [-0.2, 0) is 13.0 Å². The summed E-state index contributed by atoms with van der Waals surface area (Å²) in [6.07, 6.45) is 2.37. The highest BCUT2D eigenvalue weighted by atomic mass is 127. The summed E-state index contributed by atoms with van der Waals surface area (Å²) in [7, 11) is 0. The Hall–Kier alpha value is -2.08.